The summed E-state index contributed by atoms with van der Waals surface area (Å²) in [4.78, 5) is 111. The van der Waals surface area contributed by atoms with Crippen molar-refractivity contribution in [3.05, 3.63) is 77.9 Å². The van der Waals surface area contributed by atoms with E-state index in [1.54, 1.807) is 55.1 Å². The summed E-state index contributed by atoms with van der Waals surface area (Å²) < 4.78 is 12.1. The van der Waals surface area contributed by atoms with Crippen molar-refractivity contribution in [1.29, 1.82) is 0 Å². The quantitative estimate of drug-likeness (QED) is 0.0602. The molecule has 0 spiro atoms. The highest BCUT2D eigenvalue weighted by molar-refractivity contribution is 6.12. The SMILES string of the molecule is CC[C@H](C)[C@@H]([C@H](CC(=O)N1CCC[C@H]1[C@H](OC)[C@@H](C)C(=O)N[C@@H](Cc1ccccc1)C(=O)Nc1ccc(CNC(=O)CCCCCN2C(=O)C=CC2=O)cc1)OC)N(C)C(=O)[C@@H](NC(=O)[C@H]1NCC2CC21)C(C)C. The lowest BCUT2D eigenvalue weighted by Gasteiger charge is -2.41. The maximum absolute atomic E-state index is 14.5. The Morgan fingerprint density at radius 2 is 1.55 bits per heavy atom. The fourth-order valence-corrected chi connectivity index (χ4v) is 10.9. The van der Waals surface area contributed by atoms with Crippen LogP contribution in [0.25, 0.3) is 0 Å². The first kappa shape index (κ1) is 57.3. The van der Waals surface area contributed by atoms with E-state index < -0.39 is 54.1 Å². The van der Waals surface area contributed by atoms with Crippen LogP contribution in [0.2, 0.25) is 0 Å². The molecule has 3 fully saturated rings. The van der Waals surface area contributed by atoms with E-state index in [-0.39, 0.29) is 72.7 Å². The molecule has 0 radical (unpaired) electrons. The van der Waals surface area contributed by atoms with E-state index in [1.807, 2.05) is 58.0 Å². The molecule has 2 saturated heterocycles. The molecule has 11 atom stereocenters. The number of carbonyl (C=O) groups is 8. The third-order valence-electron chi connectivity index (χ3n) is 15.6. The number of likely N-dealkylation sites (tertiary alicyclic amines) is 1. The molecule has 0 aromatic heterocycles. The molecule has 3 heterocycles. The second kappa shape index (κ2) is 27.0. The number of anilines is 1. The van der Waals surface area contributed by atoms with Gasteiger partial charge in [-0.2, -0.15) is 0 Å². The summed E-state index contributed by atoms with van der Waals surface area (Å²) >= 11 is 0. The zero-order valence-electron chi connectivity index (χ0n) is 44.6. The molecule has 4 aliphatic rings. The molecule has 404 valence electrons. The number of amides is 8. The van der Waals surface area contributed by atoms with Crippen molar-refractivity contribution in [3.8, 4) is 0 Å². The van der Waals surface area contributed by atoms with Crippen LogP contribution in [0.3, 0.4) is 0 Å². The Balaban J connectivity index is 1.04. The van der Waals surface area contributed by atoms with Crippen LogP contribution in [0.1, 0.15) is 104 Å². The average Bonchev–Trinajstić information content (AvgIpc) is 3.62. The molecule has 1 aliphatic carbocycles. The van der Waals surface area contributed by atoms with E-state index in [1.165, 1.54) is 24.2 Å². The number of ether oxygens (including phenoxy) is 2. The van der Waals surface area contributed by atoms with Gasteiger partial charge < -0.3 is 45.9 Å². The van der Waals surface area contributed by atoms with Crippen LogP contribution in [0.5, 0.6) is 0 Å². The number of carbonyl (C=O) groups excluding carboxylic acids is 8. The zero-order valence-corrected chi connectivity index (χ0v) is 44.6. The van der Waals surface area contributed by atoms with Gasteiger partial charge in [-0.3, -0.25) is 43.3 Å². The van der Waals surface area contributed by atoms with Crippen molar-refractivity contribution in [2.45, 2.75) is 148 Å². The predicted octanol–water partition coefficient (Wildman–Crippen LogP) is 4.12. The van der Waals surface area contributed by atoms with Gasteiger partial charge in [-0.25, -0.2) is 0 Å². The van der Waals surface area contributed by atoms with Crippen molar-refractivity contribution < 1.29 is 47.8 Å². The molecule has 0 bridgehead atoms. The number of likely N-dealkylation sites (N-methyl/N-ethyl adjacent to an activating group) is 1. The third-order valence-corrected chi connectivity index (χ3v) is 15.6. The molecule has 18 heteroatoms. The van der Waals surface area contributed by atoms with E-state index in [4.69, 9.17) is 9.47 Å². The zero-order chi connectivity index (χ0) is 53.6. The van der Waals surface area contributed by atoms with Gasteiger partial charge in [-0.15, -0.1) is 0 Å². The number of methoxy groups -OCH3 is 2. The number of imide groups is 1. The maximum atomic E-state index is 14.5. The Morgan fingerprint density at radius 1 is 0.851 bits per heavy atom. The van der Waals surface area contributed by atoms with Crippen LogP contribution >= 0.6 is 0 Å². The standard InChI is InChI=1S/C56H80N8O10/c1-9-35(4)51(62(6)56(72)49(34(2)3)61-55(71)50-41-30-39(41)33-58-50)44(73-7)31-48(68)63-28-16-19-43(63)52(74-8)36(5)53(69)60-42(29-37-17-12-10-13-18-37)54(70)59-40-23-21-38(22-24-40)32-57-45(65)20-14-11-15-27-64-46(66)25-26-47(64)67/h10,12-13,17-18,21-26,34-36,39,41-44,49-52,58H,9,11,14-16,19-20,27-33H2,1-8H3,(H,57,65)(H,59,70)(H,60,69)(H,61,71)/t35-,36+,39?,41?,42-,43-,44-,49-,50-,51-,52+/m0/s1. The van der Waals surface area contributed by atoms with Gasteiger partial charge >= 0.3 is 0 Å². The Bertz CT molecular complexity index is 2290. The van der Waals surface area contributed by atoms with Crippen LogP contribution in [0.4, 0.5) is 5.69 Å². The van der Waals surface area contributed by atoms with E-state index in [0.29, 0.717) is 75.6 Å². The molecule has 5 N–H and O–H groups in total. The highest BCUT2D eigenvalue weighted by Crippen LogP contribution is 2.45. The molecule has 8 amide bonds. The largest absolute Gasteiger partial charge is 0.379 e. The van der Waals surface area contributed by atoms with E-state index in [0.717, 1.165) is 24.1 Å². The normalized spacial score (nSPS) is 21.8. The summed E-state index contributed by atoms with van der Waals surface area (Å²) in [5, 5.41) is 15.2. The second-order valence-electron chi connectivity index (χ2n) is 21.1. The minimum Gasteiger partial charge on any atom is -0.379 e. The van der Waals surface area contributed by atoms with E-state index >= 15 is 0 Å². The van der Waals surface area contributed by atoms with Crippen molar-refractivity contribution in [1.82, 2.24) is 36.0 Å². The van der Waals surface area contributed by atoms with Gasteiger partial charge in [-0.1, -0.05) is 89.9 Å². The third kappa shape index (κ3) is 14.9. The van der Waals surface area contributed by atoms with Gasteiger partial charge in [0.2, 0.25) is 35.4 Å². The summed E-state index contributed by atoms with van der Waals surface area (Å²) in [6.45, 7) is 11.5. The Labute approximate surface area is 436 Å². The smallest absolute Gasteiger partial charge is 0.253 e. The number of rotatable bonds is 28. The number of nitrogens with one attached hydrogen (secondary N) is 5. The van der Waals surface area contributed by atoms with E-state index in [2.05, 4.69) is 26.6 Å². The second-order valence-corrected chi connectivity index (χ2v) is 21.1. The molecule has 3 aliphatic heterocycles. The van der Waals surface area contributed by atoms with Crippen LogP contribution in [0.15, 0.2) is 66.7 Å². The van der Waals surface area contributed by atoms with Crippen molar-refractivity contribution in [2.24, 2.45) is 29.6 Å². The molecule has 2 aromatic rings. The lowest BCUT2D eigenvalue weighted by atomic mass is 9.89. The van der Waals surface area contributed by atoms with Gasteiger partial charge in [0.15, 0.2) is 0 Å². The Morgan fingerprint density at radius 3 is 2.16 bits per heavy atom. The van der Waals surface area contributed by atoms with Crippen LogP contribution < -0.4 is 26.6 Å². The topological polar surface area (TPSA) is 225 Å². The fourth-order valence-electron chi connectivity index (χ4n) is 10.9. The highest BCUT2D eigenvalue weighted by Gasteiger charge is 2.52. The number of unbranched alkanes of at least 4 members (excludes halogenated alkanes) is 2. The van der Waals surface area contributed by atoms with Crippen LogP contribution in [0, 0.1) is 29.6 Å². The van der Waals surface area contributed by atoms with Gasteiger partial charge in [0.25, 0.3) is 11.8 Å². The first-order valence-corrected chi connectivity index (χ1v) is 26.7. The van der Waals surface area contributed by atoms with Gasteiger partial charge in [0.05, 0.1) is 42.7 Å². The monoisotopic (exact) mass is 1020 g/mol. The van der Waals surface area contributed by atoms with Gasteiger partial charge in [0.1, 0.15) is 12.1 Å². The number of piperidine rings is 1. The summed E-state index contributed by atoms with van der Waals surface area (Å²) in [5.74, 6) is -2.31. The number of fused-ring (bicyclic) bond motifs is 1. The maximum Gasteiger partial charge on any atom is 0.253 e. The minimum atomic E-state index is -0.966. The van der Waals surface area contributed by atoms with Gasteiger partial charge in [-0.05, 0) is 85.6 Å². The average molecular weight is 1030 g/mol. The molecule has 2 unspecified atom stereocenters. The van der Waals surface area contributed by atoms with Gasteiger partial charge in [0, 0.05) is 71.6 Å². The van der Waals surface area contributed by atoms with Crippen LogP contribution in [-0.4, -0.2) is 145 Å². The fraction of sp³-hybridized carbons (Fsp3) is 0.607. The lowest BCUT2D eigenvalue weighted by Crippen LogP contribution is -2.59. The molecule has 2 aromatic carbocycles. The summed E-state index contributed by atoms with van der Waals surface area (Å²) in [5.41, 5.74) is 2.17. The molecule has 74 heavy (non-hydrogen) atoms. The molecular weight excluding hydrogens is 945 g/mol. The van der Waals surface area contributed by atoms with Crippen molar-refractivity contribution in [3.63, 3.8) is 0 Å². The van der Waals surface area contributed by atoms with E-state index in [9.17, 15) is 38.4 Å². The summed E-state index contributed by atoms with van der Waals surface area (Å²) in [6.07, 6.45) is 6.60. The molecule has 1 saturated carbocycles. The minimum absolute atomic E-state index is 0.0198. The Kier molecular flexibility index (Phi) is 20.9. The molecule has 6 rings (SSSR count). The summed E-state index contributed by atoms with van der Waals surface area (Å²) in [6, 6.07) is 13.5. The first-order valence-electron chi connectivity index (χ1n) is 26.7. The first-order chi connectivity index (χ1) is 35.4. The van der Waals surface area contributed by atoms with Crippen molar-refractivity contribution in [2.75, 3.05) is 46.2 Å². The Hall–Kier alpha value is -5.98. The predicted molar refractivity (Wildman–Crippen MR) is 280 cm³/mol. The number of hydrogen-bond donors (Lipinski definition) is 5. The highest BCUT2D eigenvalue weighted by atomic mass is 16.5. The number of hydrogen-bond acceptors (Lipinski definition) is 11. The molecule has 18 nitrogen and oxygen atoms in total. The van der Waals surface area contributed by atoms with Crippen molar-refractivity contribution >= 4 is 52.9 Å². The number of benzene rings is 2. The lowest BCUT2D eigenvalue weighted by molar-refractivity contribution is -0.147. The molecular formula is C56H80N8O10. The number of nitrogens with zero attached hydrogens (tertiary/aromatic N) is 3. The van der Waals surface area contributed by atoms with Crippen LogP contribution in [-0.2, 0) is 60.8 Å². The summed E-state index contributed by atoms with van der Waals surface area (Å²) in [7, 11) is 4.81.